The summed E-state index contributed by atoms with van der Waals surface area (Å²) in [5.74, 6) is 0. The minimum absolute atomic E-state index is 0.205. The van der Waals surface area contributed by atoms with Crippen LogP contribution in [0.4, 0.5) is 0 Å². The number of benzene rings is 1. The number of hydrogen-bond donors (Lipinski definition) is 0. The van der Waals surface area contributed by atoms with E-state index in [1.807, 2.05) is 0 Å². The molecule has 150 valence electrons. The second kappa shape index (κ2) is 7.33. The van der Waals surface area contributed by atoms with Gasteiger partial charge in [-0.3, -0.25) is 0 Å². The molecule has 2 atom stereocenters. The molecule has 3 rings (SSSR count). The van der Waals surface area contributed by atoms with Gasteiger partial charge in [0.05, 0.1) is 9.52 Å². The minimum atomic E-state index is -0.528. The summed E-state index contributed by atoms with van der Waals surface area (Å²) in [6.45, 7) is 18.8. The molecule has 0 fully saturated rings. The van der Waals surface area contributed by atoms with Gasteiger partial charge in [-0.1, -0.05) is 96.8 Å². The molecule has 2 unspecified atom stereocenters. The first-order chi connectivity index (χ1) is 13.0. The molecule has 0 saturated carbocycles. The second-order valence-corrected chi connectivity index (χ2v) is 12.9. The van der Waals surface area contributed by atoms with Crippen LogP contribution in [-0.2, 0) is 0 Å². The molecule has 1 heteroatoms. The van der Waals surface area contributed by atoms with Crippen molar-refractivity contribution in [2.75, 3.05) is 0 Å². The first kappa shape index (κ1) is 21.1. The van der Waals surface area contributed by atoms with Crippen molar-refractivity contribution in [3.05, 3.63) is 76.4 Å². The standard InChI is InChI=1S/C27H38Si/c1-19-14-20(2)16-24(15-19)28-27(17-21(3)22(4)23(27)5)18-26(25(6,7)8)12-10-9-11-13-26/h9-12,14-17H,13,18,28H2,1-8H3. The van der Waals surface area contributed by atoms with Gasteiger partial charge in [0.25, 0.3) is 0 Å². The lowest BCUT2D eigenvalue weighted by Crippen LogP contribution is -2.41. The third kappa shape index (κ3) is 3.79. The van der Waals surface area contributed by atoms with Gasteiger partial charge in [0.15, 0.2) is 0 Å². The topological polar surface area (TPSA) is 0 Å². The van der Waals surface area contributed by atoms with Crippen LogP contribution in [-0.4, -0.2) is 9.52 Å². The molecule has 1 aromatic rings. The van der Waals surface area contributed by atoms with Crippen LogP contribution in [0, 0.1) is 24.7 Å². The summed E-state index contributed by atoms with van der Waals surface area (Å²) in [4.78, 5) is 0. The van der Waals surface area contributed by atoms with Gasteiger partial charge in [-0.05, 0) is 63.9 Å². The van der Waals surface area contributed by atoms with Crippen LogP contribution in [0.15, 0.2) is 65.3 Å². The molecule has 2 aliphatic carbocycles. The molecule has 0 radical (unpaired) electrons. The average Bonchev–Trinajstić information content (AvgIpc) is 2.77. The van der Waals surface area contributed by atoms with E-state index >= 15 is 0 Å². The van der Waals surface area contributed by atoms with Gasteiger partial charge >= 0.3 is 0 Å². The van der Waals surface area contributed by atoms with Crippen molar-refractivity contribution in [1.82, 2.24) is 0 Å². The molecule has 0 spiro atoms. The first-order valence-electron chi connectivity index (χ1n) is 10.8. The summed E-state index contributed by atoms with van der Waals surface area (Å²) in [7, 11) is -0.528. The zero-order chi connectivity index (χ0) is 20.7. The predicted molar refractivity (Wildman–Crippen MR) is 128 cm³/mol. The molecule has 0 N–H and O–H groups in total. The van der Waals surface area contributed by atoms with Crippen LogP contribution in [0.5, 0.6) is 0 Å². The largest absolute Gasteiger partial charge is 0.0837 e. The van der Waals surface area contributed by atoms with Gasteiger partial charge in [0, 0.05) is 5.04 Å². The van der Waals surface area contributed by atoms with Crippen molar-refractivity contribution in [3.8, 4) is 0 Å². The van der Waals surface area contributed by atoms with Crippen LogP contribution >= 0.6 is 0 Å². The SMILES string of the molecule is CC1=CC(CC2(C(C)(C)C)C=CC=CC2)([SiH2]c2cc(C)cc(C)c2)C(C)=C1C. The average molecular weight is 391 g/mol. The van der Waals surface area contributed by atoms with Gasteiger partial charge in [0.2, 0.25) is 0 Å². The Morgan fingerprint density at radius 2 is 1.57 bits per heavy atom. The maximum absolute atomic E-state index is 2.65. The lowest BCUT2D eigenvalue weighted by Gasteiger charge is -2.49. The first-order valence-corrected chi connectivity index (χ1v) is 12.2. The molecule has 0 bridgehead atoms. The summed E-state index contributed by atoms with van der Waals surface area (Å²) in [5.41, 5.74) is 7.89. The molecule has 2 aliphatic rings. The Morgan fingerprint density at radius 3 is 2.04 bits per heavy atom. The van der Waals surface area contributed by atoms with Crippen molar-refractivity contribution < 1.29 is 0 Å². The Kier molecular flexibility index (Phi) is 5.53. The highest BCUT2D eigenvalue weighted by Crippen LogP contribution is 2.59. The molecule has 0 amide bonds. The molecule has 28 heavy (non-hydrogen) atoms. The van der Waals surface area contributed by atoms with E-state index in [2.05, 4.69) is 104 Å². The van der Waals surface area contributed by atoms with Gasteiger partial charge in [0.1, 0.15) is 0 Å². The third-order valence-electron chi connectivity index (χ3n) is 7.46. The summed E-state index contributed by atoms with van der Waals surface area (Å²) in [6.07, 6.45) is 14.4. The lowest BCUT2D eigenvalue weighted by molar-refractivity contribution is 0.126. The van der Waals surface area contributed by atoms with Crippen LogP contribution in [0.2, 0.25) is 5.04 Å². The van der Waals surface area contributed by atoms with Crippen LogP contribution < -0.4 is 5.19 Å². The van der Waals surface area contributed by atoms with E-state index in [0.29, 0.717) is 0 Å². The molecule has 0 aromatic heterocycles. The van der Waals surface area contributed by atoms with E-state index in [1.54, 1.807) is 10.8 Å². The van der Waals surface area contributed by atoms with Crippen LogP contribution in [0.1, 0.15) is 65.5 Å². The molecular formula is C27H38Si. The van der Waals surface area contributed by atoms with Gasteiger partial charge < -0.3 is 0 Å². The Balaban J connectivity index is 2.11. The summed E-state index contributed by atoms with van der Waals surface area (Å²) in [5, 5.41) is 1.84. The third-order valence-corrected chi connectivity index (χ3v) is 9.90. The highest BCUT2D eigenvalue weighted by Gasteiger charge is 2.48. The smallest absolute Gasteiger partial charge is 0.0706 e. The molecule has 1 aromatic carbocycles. The molecule has 0 heterocycles. The van der Waals surface area contributed by atoms with E-state index in [-0.39, 0.29) is 15.9 Å². The monoisotopic (exact) mass is 390 g/mol. The molecular weight excluding hydrogens is 352 g/mol. The van der Waals surface area contributed by atoms with Crippen molar-refractivity contribution in [2.24, 2.45) is 10.8 Å². The number of allylic oxidation sites excluding steroid dienone is 8. The number of aryl methyl sites for hydroxylation is 2. The Labute approximate surface area is 175 Å². The lowest BCUT2D eigenvalue weighted by atomic mass is 9.59. The van der Waals surface area contributed by atoms with Crippen molar-refractivity contribution in [3.63, 3.8) is 0 Å². The predicted octanol–water partition coefficient (Wildman–Crippen LogP) is 6.49. The minimum Gasteiger partial charge on any atom is -0.0837 e. The van der Waals surface area contributed by atoms with E-state index < -0.39 is 9.52 Å². The Bertz CT molecular complexity index is 867. The van der Waals surface area contributed by atoms with E-state index in [9.17, 15) is 0 Å². The van der Waals surface area contributed by atoms with E-state index in [4.69, 9.17) is 0 Å². The zero-order valence-electron chi connectivity index (χ0n) is 19.2. The van der Waals surface area contributed by atoms with Gasteiger partial charge in [-0.25, -0.2) is 0 Å². The van der Waals surface area contributed by atoms with Crippen LogP contribution in [0.3, 0.4) is 0 Å². The normalized spacial score (nSPS) is 27.9. The maximum atomic E-state index is 2.65. The number of rotatable bonds is 4. The summed E-state index contributed by atoms with van der Waals surface area (Å²) in [6, 6.07) is 7.20. The fraction of sp³-hybridized carbons (Fsp3) is 0.481. The highest BCUT2D eigenvalue weighted by molar-refractivity contribution is 6.58. The Morgan fingerprint density at radius 1 is 0.929 bits per heavy atom. The van der Waals surface area contributed by atoms with E-state index in [1.165, 1.54) is 28.7 Å². The maximum Gasteiger partial charge on any atom is 0.0706 e. The molecule has 0 nitrogen and oxygen atoms in total. The van der Waals surface area contributed by atoms with Gasteiger partial charge in [-0.15, -0.1) is 0 Å². The fourth-order valence-electron chi connectivity index (χ4n) is 5.45. The Hall–Kier alpha value is -1.60. The zero-order valence-corrected chi connectivity index (χ0v) is 20.7. The summed E-state index contributed by atoms with van der Waals surface area (Å²) >= 11 is 0. The van der Waals surface area contributed by atoms with Crippen molar-refractivity contribution in [2.45, 2.75) is 73.3 Å². The van der Waals surface area contributed by atoms with Crippen LogP contribution in [0.25, 0.3) is 0 Å². The van der Waals surface area contributed by atoms with Crippen molar-refractivity contribution >= 4 is 14.7 Å². The molecule has 0 aliphatic heterocycles. The highest BCUT2D eigenvalue weighted by atomic mass is 28.2. The summed E-state index contributed by atoms with van der Waals surface area (Å²) < 4.78 is 0. The van der Waals surface area contributed by atoms with Crippen molar-refractivity contribution in [1.29, 1.82) is 0 Å². The fourth-order valence-corrected chi connectivity index (χ4v) is 8.53. The second-order valence-electron chi connectivity index (χ2n) is 10.5. The van der Waals surface area contributed by atoms with E-state index in [0.717, 1.165) is 6.42 Å². The number of hydrogen-bond acceptors (Lipinski definition) is 0. The van der Waals surface area contributed by atoms with Gasteiger partial charge in [-0.2, -0.15) is 0 Å². The quantitative estimate of drug-likeness (QED) is 0.515. The molecule has 0 saturated heterocycles.